The Hall–Kier alpha value is 0.260. The second-order valence-corrected chi connectivity index (χ2v) is 0.667. The highest BCUT2D eigenvalue weighted by molar-refractivity contribution is 8.93. The average molecular weight is 234 g/mol. The lowest BCUT2D eigenvalue weighted by molar-refractivity contribution is 0.137. The van der Waals surface area contributed by atoms with Gasteiger partial charge in [0.2, 0.25) is 0 Å². The second-order valence-electron chi connectivity index (χ2n) is 0.667. The highest BCUT2D eigenvalue weighted by atomic mass is 79.9. The predicted octanol–water partition coefficient (Wildman–Crippen LogP) is 0.653. The van der Waals surface area contributed by atoms with Gasteiger partial charge in [-0.15, -0.1) is 34.0 Å². The van der Waals surface area contributed by atoms with Gasteiger partial charge in [-0.05, 0) is 0 Å². The molecule has 0 aliphatic carbocycles. The molecule has 0 aromatic heterocycles. The molecule has 44 valence electrons. The first kappa shape index (κ1) is 10.3. The molecule has 0 amide bonds. The van der Waals surface area contributed by atoms with E-state index in [0.717, 1.165) is 0 Å². The summed E-state index contributed by atoms with van der Waals surface area (Å²) in [6, 6.07) is 0. The van der Waals surface area contributed by atoms with Gasteiger partial charge in [0.1, 0.15) is 6.26 Å². The van der Waals surface area contributed by atoms with E-state index in [9.17, 15) is 0 Å². The van der Waals surface area contributed by atoms with E-state index in [2.05, 4.69) is 15.9 Å². The Morgan fingerprint density at radius 1 is 1.29 bits per heavy atom. The van der Waals surface area contributed by atoms with Gasteiger partial charge in [-0.25, -0.2) is 0 Å². The quantitative estimate of drug-likeness (QED) is 0.645. The van der Waals surface area contributed by atoms with Crippen molar-refractivity contribution in [3.05, 3.63) is 12.5 Å². The minimum Gasteiger partial charge on any atom is -0.395 e. The van der Waals surface area contributed by atoms with Crippen LogP contribution in [0.5, 0.6) is 0 Å². The molecule has 3 nitrogen and oxygen atoms in total. The van der Waals surface area contributed by atoms with Crippen LogP contribution in [0.3, 0.4) is 0 Å². The lowest BCUT2D eigenvalue weighted by Crippen LogP contribution is -2.17. The topological polar surface area (TPSA) is 33.3 Å². The van der Waals surface area contributed by atoms with E-state index < -0.39 is 0 Å². The Labute approximate surface area is 62.6 Å². The first-order chi connectivity index (χ1) is 2.50. The van der Waals surface area contributed by atoms with Crippen LogP contribution in [0.25, 0.3) is 0 Å². The molecule has 0 spiro atoms. The van der Waals surface area contributed by atoms with Gasteiger partial charge in [0.15, 0.2) is 0 Å². The minimum atomic E-state index is 0. The van der Waals surface area contributed by atoms with Gasteiger partial charge >= 0.3 is 0 Å². The van der Waals surface area contributed by atoms with Gasteiger partial charge < -0.3 is 4.84 Å². The zero-order valence-corrected chi connectivity index (χ0v) is 6.81. The van der Waals surface area contributed by atoms with Crippen LogP contribution in [-0.4, -0.2) is 0 Å². The average Bonchev–Trinajstić information content (AvgIpc) is 1.76. The molecule has 2 N–H and O–H groups in total. The molecule has 1 heterocycles. The van der Waals surface area contributed by atoms with Gasteiger partial charge in [-0.3, -0.25) is 5.43 Å². The number of halogens is 2. The van der Waals surface area contributed by atoms with Gasteiger partial charge in [0.05, 0.1) is 6.20 Å². The molecule has 7 heavy (non-hydrogen) atoms. The zero-order valence-electron chi connectivity index (χ0n) is 3.38. The summed E-state index contributed by atoms with van der Waals surface area (Å²) in [7, 11) is 0. The Kier molecular flexibility index (Phi) is 9.20. The molecule has 0 fully saturated rings. The standard InChI is InChI=1S/C2H4N2O.2BrH/c1-2-5-4-3-1;;/h1-4H;2*1H. The minimum absolute atomic E-state index is 0. The van der Waals surface area contributed by atoms with Gasteiger partial charge in [0.25, 0.3) is 0 Å². The van der Waals surface area contributed by atoms with Crippen LogP contribution in [0.4, 0.5) is 0 Å². The lowest BCUT2D eigenvalue weighted by Gasteiger charge is -1.85. The van der Waals surface area contributed by atoms with Crippen molar-refractivity contribution in [1.29, 1.82) is 0 Å². The van der Waals surface area contributed by atoms with Crippen molar-refractivity contribution >= 4 is 34.0 Å². The van der Waals surface area contributed by atoms with Gasteiger partial charge in [-0.2, -0.15) is 0 Å². The summed E-state index contributed by atoms with van der Waals surface area (Å²) in [5.41, 5.74) is 4.93. The summed E-state index contributed by atoms with van der Waals surface area (Å²) >= 11 is 0. The third kappa shape index (κ3) is 4.11. The lowest BCUT2D eigenvalue weighted by atomic mass is 11.0. The zero-order chi connectivity index (χ0) is 3.54. The molecule has 0 atom stereocenters. The van der Waals surface area contributed by atoms with Crippen molar-refractivity contribution in [3.63, 3.8) is 0 Å². The smallest absolute Gasteiger partial charge is 0.130 e. The Bertz CT molecular complexity index is 51.7. The van der Waals surface area contributed by atoms with Crippen LogP contribution in [0.1, 0.15) is 0 Å². The summed E-state index contributed by atoms with van der Waals surface area (Å²) in [5, 5.41) is 0. The van der Waals surface area contributed by atoms with Crippen LogP contribution in [-0.2, 0) is 4.84 Å². The van der Waals surface area contributed by atoms with Crippen LogP contribution < -0.4 is 11.0 Å². The van der Waals surface area contributed by atoms with Crippen LogP contribution >= 0.6 is 34.0 Å². The molecule has 0 saturated carbocycles. The second kappa shape index (κ2) is 6.26. The van der Waals surface area contributed by atoms with Crippen molar-refractivity contribution in [3.8, 4) is 0 Å². The number of nitrogens with one attached hydrogen (secondary N) is 2. The van der Waals surface area contributed by atoms with Crippen molar-refractivity contribution in [2.75, 3.05) is 0 Å². The number of hydrazine groups is 1. The van der Waals surface area contributed by atoms with Gasteiger partial charge in [0, 0.05) is 0 Å². The molecule has 0 unspecified atom stereocenters. The molecule has 1 aliphatic rings. The fraction of sp³-hybridized carbons (Fsp3) is 0. The fourth-order valence-electron chi connectivity index (χ4n) is 0.170. The van der Waals surface area contributed by atoms with E-state index in [-0.39, 0.29) is 34.0 Å². The molecule has 1 aliphatic heterocycles. The highest BCUT2D eigenvalue weighted by Gasteiger charge is 1.77. The molecule has 0 radical (unpaired) electrons. The first-order valence-electron chi connectivity index (χ1n) is 1.31. The summed E-state index contributed by atoms with van der Waals surface area (Å²) in [5.74, 6) is 0. The van der Waals surface area contributed by atoms with E-state index in [4.69, 9.17) is 0 Å². The summed E-state index contributed by atoms with van der Waals surface area (Å²) in [6.45, 7) is 0. The monoisotopic (exact) mass is 232 g/mol. The van der Waals surface area contributed by atoms with E-state index in [0.29, 0.717) is 0 Å². The Balaban J connectivity index is 0. The largest absolute Gasteiger partial charge is 0.395 e. The van der Waals surface area contributed by atoms with Crippen molar-refractivity contribution in [1.82, 2.24) is 11.0 Å². The van der Waals surface area contributed by atoms with Crippen LogP contribution in [0.2, 0.25) is 0 Å². The van der Waals surface area contributed by atoms with E-state index >= 15 is 0 Å². The maximum Gasteiger partial charge on any atom is 0.130 e. The van der Waals surface area contributed by atoms with Crippen molar-refractivity contribution < 1.29 is 4.84 Å². The van der Waals surface area contributed by atoms with Crippen LogP contribution in [0, 0.1) is 0 Å². The summed E-state index contributed by atoms with van der Waals surface area (Å²) < 4.78 is 0. The Morgan fingerprint density at radius 2 is 2.00 bits per heavy atom. The third-order valence-electron chi connectivity index (χ3n) is 0.337. The molecule has 1 rings (SSSR count). The van der Waals surface area contributed by atoms with E-state index in [1.54, 1.807) is 6.20 Å². The third-order valence-corrected chi connectivity index (χ3v) is 0.337. The van der Waals surface area contributed by atoms with Crippen molar-refractivity contribution in [2.24, 2.45) is 0 Å². The SMILES string of the molecule is Br.Br.C1=CONN1. The first-order valence-corrected chi connectivity index (χ1v) is 1.31. The number of hydrogen-bond acceptors (Lipinski definition) is 3. The number of hydrogen-bond donors (Lipinski definition) is 2. The molecular weight excluding hydrogens is 228 g/mol. The molecule has 5 heteroatoms. The number of rotatable bonds is 0. The van der Waals surface area contributed by atoms with E-state index in [1.807, 2.05) is 0 Å². The highest BCUT2D eigenvalue weighted by Crippen LogP contribution is 1.70. The maximum atomic E-state index is 4.40. The summed E-state index contributed by atoms with van der Waals surface area (Å²) in [4.78, 5) is 4.40. The predicted molar refractivity (Wildman–Crippen MR) is 37.1 cm³/mol. The van der Waals surface area contributed by atoms with Crippen molar-refractivity contribution in [2.45, 2.75) is 0 Å². The summed E-state index contributed by atoms with van der Waals surface area (Å²) in [6.07, 6.45) is 3.17. The molecule has 0 bridgehead atoms. The molecular formula is C2H6Br2N2O. The normalized spacial score (nSPS) is 12.6. The fourth-order valence-corrected chi connectivity index (χ4v) is 0.170. The molecule has 0 aromatic carbocycles. The molecule has 0 saturated heterocycles. The Morgan fingerprint density at radius 3 is 2.14 bits per heavy atom. The van der Waals surface area contributed by atoms with E-state index in [1.165, 1.54) is 6.26 Å². The molecule has 0 aromatic rings. The van der Waals surface area contributed by atoms with Crippen LogP contribution in [0.15, 0.2) is 12.5 Å². The maximum absolute atomic E-state index is 4.40. The van der Waals surface area contributed by atoms with Gasteiger partial charge in [-0.1, -0.05) is 5.59 Å².